The molecule has 6 heteroatoms. The Kier molecular flexibility index (Phi) is 6.31. The quantitative estimate of drug-likeness (QED) is 0.767. The number of carbonyl (C=O) groups is 1. The van der Waals surface area contributed by atoms with Crippen LogP contribution in [-0.2, 0) is 4.79 Å². The number of anilines is 1. The third-order valence-electron chi connectivity index (χ3n) is 2.97. The lowest BCUT2D eigenvalue weighted by Gasteiger charge is -2.06. The van der Waals surface area contributed by atoms with Gasteiger partial charge in [0.25, 0.3) is 0 Å². The van der Waals surface area contributed by atoms with E-state index in [4.69, 9.17) is 4.74 Å². The molecule has 0 atom stereocenters. The maximum absolute atomic E-state index is 12.1. The smallest absolute Gasteiger partial charge is 0.387 e. The maximum Gasteiger partial charge on any atom is 0.387 e. The van der Waals surface area contributed by atoms with Gasteiger partial charge in [0, 0.05) is 11.8 Å². The van der Waals surface area contributed by atoms with Crippen LogP contribution in [0.4, 0.5) is 14.5 Å². The summed E-state index contributed by atoms with van der Waals surface area (Å²) in [6.07, 6.45) is 3.05. The molecule has 0 aliphatic rings. The van der Waals surface area contributed by atoms with Crippen LogP contribution in [0, 0.1) is 0 Å². The van der Waals surface area contributed by atoms with Crippen molar-refractivity contribution in [2.45, 2.75) is 13.5 Å². The van der Waals surface area contributed by atoms with Gasteiger partial charge < -0.3 is 14.8 Å². The molecule has 0 bridgehead atoms. The highest BCUT2D eigenvalue weighted by molar-refractivity contribution is 6.01. The average molecular weight is 333 g/mol. The predicted octanol–water partition coefficient (Wildman–Crippen LogP) is 4.34. The molecule has 0 saturated carbocycles. The zero-order valence-corrected chi connectivity index (χ0v) is 13.0. The fourth-order valence-corrected chi connectivity index (χ4v) is 1.92. The SMILES string of the molecule is CCOc1ccc(/C=C/C(=O)Nc2ccc(OC(F)F)cc2)cc1. The molecule has 0 heterocycles. The van der Waals surface area contributed by atoms with Gasteiger partial charge in [-0.15, -0.1) is 0 Å². The second kappa shape index (κ2) is 8.67. The van der Waals surface area contributed by atoms with Crippen molar-refractivity contribution in [3.05, 3.63) is 60.2 Å². The lowest BCUT2D eigenvalue weighted by Crippen LogP contribution is -2.08. The first-order valence-corrected chi connectivity index (χ1v) is 7.33. The van der Waals surface area contributed by atoms with Crippen LogP contribution in [0.2, 0.25) is 0 Å². The molecule has 2 aromatic rings. The van der Waals surface area contributed by atoms with Crippen LogP contribution < -0.4 is 14.8 Å². The molecule has 0 saturated heterocycles. The van der Waals surface area contributed by atoms with E-state index in [-0.39, 0.29) is 11.7 Å². The molecule has 0 aromatic heterocycles. The molecular weight excluding hydrogens is 316 g/mol. The summed E-state index contributed by atoms with van der Waals surface area (Å²) in [5.74, 6) is 0.476. The molecule has 0 radical (unpaired) electrons. The Hall–Kier alpha value is -2.89. The third kappa shape index (κ3) is 5.72. The van der Waals surface area contributed by atoms with Crippen LogP contribution in [-0.4, -0.2) is 19.1 Å². The van der Waals surface area contributed by atoms with Crippen molar-refractivity contribution < 1.29 is 23.0 Å². The van der Waals surface area contributed by atoms with Gasteiger partial charge in [-0.25, -0.2) is 0 Å². The molecule has 4 nitrogen and oxygen atoms in total. The van der Waals surface area contributed by atoms with Gasteiger partial charge in [-0.2, -0.15) is 8.78 Å². The molecular formula is C18H17F2NO3. The number of rotatable bonds is 7. The Bertz CT molecular complexity index is 682. The van der Waals surface area contributed by atoms with Crippen LogP contribution in [0.15, 0.2) is 54.6 Å². The normalized spacial score (nSPS) is 10.8. The first-order chi connectivity index (χ1) is 11.6. The second-order valence-electron chi connectivity index (χ2n) is 4.73. The number of hydrogen-bond acceptors (Lipinski definition) is 3. The van der Waals surface area contributed by atoms with Crippen LogP contribution in [0.1, 0.15) is 12.5 Å². The van der Waals surface area contributed by atoms with E-state index in [0.29, 0.717) is 12.3 Å². The highest BCUT2D eigenvalue weighted by Crippen LogP contribution is 2.18. The number of benzene rings is 2. The van der Waals surface area contributed by atoms with Crippen molar-refractivity contribution in [2.75, 3.05) is 11.9 Å². The number of carbonyl (C=O) groups excluding carboxylic acids is 1. The Balaban J connectivity index is 1.90. The minimum absolute atomic E-state index is 0.0351. The van der Waals surface area contributed by atoms with Crippen molar-refractivity contribution in [1.29, 1.82) is 0 Å². The summed E-state index contributed by atoms with van der Waals surface area (Å²) in [5, 5.41) is 2.63. The van der Waals surface area contributed by atoms with Gasteiger partial charge in [0.2, 0.25) is 5.91 Å². The van der Waals surface area contributed by atoms with Crippen molar-refractivity contribution >= 4 is 17.7 Å². The fourth-order valence-electron chi connectivity index (χ4n) is 1.92. The van der Waals surface area contributed by atoms with Gasteiger partial charge >= 0.3 is 6.61 Å². The highest BCUT2D eigenvalue weighted by Gasteiger charge is 2.04. The number of hydrogen-bond donors (Lipinski definition) is 1. The van der Waals surface area contributed by atoms with Gasteiger partial charge in [-0.1, -0.05) is 12.1 Å². The van der Waals surface area contributed by atoms with E-state index in [1.807, 2.05) is 31.2 Å². The molecule has 0 aliphatic heterocycles. The van der Waals surface area contributed by atoms with E-state index in [1.165, 1.54) is 30.3 Å². The Labute approximate surface area is 138 Å². The molecule has 0 spiro atoms. The van der Waals surface area contributed by atoms with Gasteiger partial charge in [-0.05, 0) is 55.0 Å². The molecule has 126 valence electrons. The standard InChI is InChI=1S/C18H17F2NO3/c1-2-23-15-8-3-13(4-9-15)5-12-17(22)21-14-6-10-16(11-7-14)24-18(19)20/h3-12,18H,2H2,1H3,(H,21,22)/b12-5+. The molecule has 0 aliphatic carbocycles. The van der Waals surface area contributed by atoms with Crippen molar-refractivity contribution in [1.82, 2.24) is 0 Å². The first kappa shape index (κ1) is 17.5. The Morgan fingerprint density at radius 3 is 2.29 bits per heavy atom. The summed E-state index contributed by atoms with van der Waals surface area (Å²) < 4.78 is 33.7. The zero-order valence-electron chi connectivity index (χ0n) is 13.0. The van der Waals surface area contributed by atoms with E-state index in [9.17, 15) is 13.6 Å². The van der Waals surface area contributed by atoms with Gasteiger partial charge in [0.1, 0.15) is 11.5 Å². The van der Waals surface area contributed by atoms with Crippen LogP contribution in [0.3, 0.4) is 0 Å². The molecule has 0 unspecified atom stereocenters. The molecule has 0 fully saturated rings. The van der Waals surface area contributed by atoms with Gasteiger partial charge in [0.05, 0.1) is 6.61 Å². The van der Waals surface area contributed by atoms with Gasteiger partial charge in [0.15, 0.2) is 0 Å². The topological polar surface area (TPSA) is 47.6 Å². The second-order valence-corrected chi connectivity index (χ2v) is 4.73. The summed E-state index contributed by atoms with van der Waals surface area (Å²) in [6, 6.07) is 13.0. The minimum Gasteiger partial charge on any atom is -0.494 e. The zero-order chi connectivity index (χ0) is 17.4. The highest BCUT2D eigenvalue weighted by atomic mass is 19.3. The summed E-state index contributed by atoms with van der Waals surface area (Å²) in [6.45, 7) is -0.370. The predicted molar refractivity (Wildman–Crippen MR) is 88.3 cm³/mol. The monoisotopic (exact) mass is 333 g/mol. The molecule has 24 heavy (non-hydrogen) atoms. The van der Waals surface area contributed by atoms with E-state index in [0.717, 1.165) is 11.3 Å². The number of halogens is 2. The van der Waals surface area contributed by atoms with Crippen LogP contribution >= 0.6 is 0 Å². The number of ether oxygens (including phenoxy) is 2. The van der Waals surface area contributed by atoms with E-state index in [1.54, 1.807) is 6.08 Å². The largest absolute Gasteiger partial charge is 0.494 e. The molecule has 2 aromatic carbocycles. The average Bonchev–Trinajstić information content (AvgIpc) is 2.56. The molecule has 1 amide bonds. The van der Waals surface area contributed by atoms with Gasteiger partial charge in [-0.3, -0.25) is 4.79 Å². The lowest BCUT2D eigenvalue weighted by molar-refractivity contribution is -0.111. The van der Waals surface area contributed by atoms with E-state index >= 15 is 0 Å². The molecule has 1 N–H and O–H groups in total. The van der Waals surface area contributed by atoms with Crippen molar-refractivity contribution in [3.63, 3.8) is 0 Å². The Morgan fingerprint density at radius 1 is 1.08 bits per heavy atom. The van der Waals surface area contributed by atoms with Crippen molar-refractivity contribution in [3.8, 4) is 11.5 Å². The summed E-state index contributed by atoms with van der Waals surface area (Å²) >= 11 is 0. The number of alkyl halides is 2. The summed E-state index contributed by atoms with van der Waals surface area (Å²) in [7, 11) is 0. The Morgan fingerprint density at radius 2 is 1.71 bits per heavy atom. The minimum atomic E-state index is -2.87. The van der Waals surface area contributed by atoms with E-state index < -0.39 is 6.61 Å². The summed E-state index contributed by atoms with van der Waals surface area (Å²) in [5.41, 5.74) is 1.34. The number of amides is 1. The van der Waals surface area contributed by atoms with Crippen molar-refractivity contribution in [2.24, 2.45) is 0 Å². The molecule has 2 rings (SSSR count). The fraction of sp³-hybridized carbons (Fsp3) is 0.167. The third-order valence-corrected chi connectivity index (χ3v) is 2.97. The van der Waals surface area contributed by atoms with E-state index in [2.05, 4.69) is 10.1 Å². The lowest BCUT2D eigenvalue weighted by atomic mass is 10.2. The van der Waals surface area contributed by atoms with Crippen LogP contribution in [0.5, 0.6) is 11.5 Å². The first-order valence-electron chi connectivity index (χ1n) is 7.33. The van der Waals surface area contributed by atoms with Crippen LogP contribution in [0.25, 0.3) is 6.08 Å². The maximum atomic E-state index is 12.1. The summed E-state index contributed by atoms with van der Waals surface area (Å²) in [4.78, 5) is 11.8. The number of nitrogens with one attached hydrogen (secondary N) is 1.